The fourth-order valence-corrected chi connectivity index (χ4v) is 4.68. The number of nitrogens with one attached hydrogen (secondary N) is 2. The van der Waals surface area contributed by atoms with E-state index in [2.05, 4.69) is 10.6 Å². The van der Waals surface area contributed by atoms with Gasteiger partial charge in [-0.1, -0.05) is 12.1 Å². The Morgan fingerprint density at radius 2 is 1.28 bits per heavy atom. The van der Waals surface area contributed by atoms with E-state index in [-0.39, 0.29) is 12.1 Å². The molecule has 0 saturated heterocycles. The maximum absolute atomic E-state index is 13.1. The highest BCUT2D eigenvalue weighted by molar-refractivity contribution is 7.94. The summed E-state index contributed by atoms with van der Waals surface area (Å²) in [6.45, 7) is 3.33. The number of benzene rings is 1. The van der Waals surface area contributed by atoms with Crippen LogP contribution < -0.4 is 19.2 Å². The van der Waals surface area contributed by atoms with Gasteiger partial charge in [-0.25, -0.2) is 8.61 Å². The molecule has 29 heavy (non-hydrogen) atoms. The quantitative estimate of drug-likeness (QED) is 0.536. The molecule has 0 fully saturated rings. The fourth-order valence-electron chi connectivity index (χ4n) is 3.07. The number of anilines is 2. The van der Waals surface area contributed by atoms with Gasteiger partial charge in [0, 0.05) is 26.3 Å². The molecule has 0 radical (unpaired) electrons. The molecule has 10 nitrogen and oxygen atoms in total. The first-order valence-corrected chi connectivity index (χ1v) is 10.6. The average Bonchev–Trinajstić information content (AvgIpc) is 2.83. The van der Waals surface area contributed by atoms with Gasteiger partial charge in [0.15, 0.2) is 0 Å². The van der Waals surface area contributed by atoms with Crippen molar-refractivity contribution in [2.24, 2.45) is 0 Å². The zero-order chi connectivity index (χ0) is 21.6. The summed E-state index contributed by atoms with van der Waals surface area (Å²) >= 11 is 0. The standard InChI is InChI=1S/C18H28N4O6S/c1-13(11-27-3)19-17(23)9-21-15-7-5-6-8-16(15)22(29(21,25)26)10-18(24)20-14(2)12-28-4/h5-8,13-14H,9-12H2,1-4H3,(H,19,23)(H,20,24). The van der Waals surface area contributed by atoms with Crippen LogP contribution in [0.5, 0.6) is 0 Å². The minimum Gasteiger partial charge on any atom is -0.383 e. The molecule has 2 N–H and O–H groups in total. The Hall–Kier alpha value is -2.37. The van der Waals surface area contributed by atoms with Gasteiger partial charge < -0.3 is 20.1 Å². The van der Waals surface area contributed by atoms with E-state index in [0.29, 0.717) is 24.6 Å². The lowest BCUT2D eigenvalue weighted by atomic mass is 10.2. The van der Waals surface area contributed by atoms with Gasteiger partial charge in [-0.3, -0.25) is 9.59 Å². The van der Waals surface area contributed by atoms with Gasteiger partial charge in [-0.05, 0) is 26.0 Å². The van der Waals surface area contributed by atoms with Crippen LogP contribution in [0.25, 0.3) is 0 Å². The molecule has 1 aliphatic heterocycles. The maximum atomic E-state index is 13.1. The van der Waals surface area contributed by atoms with Gasteiger partial charge in [0.1, 0.15) is 13.1 Å². The summed E-state index contributed by atoms with van der Waals surface area (Å²) < 4.78 is 38.1. The minimum atomic E-state index is -4.09. The van der Waals surface area contributed by atoms with Gasteiger partial charge in [-0.2, -0.15) is 8.42 Å². The van der Waals surface area contributed by atoms with Gasteiger partial charge >= 0.3 is 10.2 Å². The number of methoxy groups -OCH3 is 2. The summed E-state index contributed by atoms with van der Waals surface area (Å²) in [5.74, 6) is -0.930. The molecule has 2 rings (SSSR count). The zero-order valence-electron chi connectivity index (χ0n) is 17.0. The van der Waals surface area contributed by atoms with Crippen molar-refractivity contribution in [1.82, 2.24) is 10.6 Å². The lowest BCUT2D eigenvalue weighted by Gasteiger charge is -2.22. The molecule has 0 bridgehead atoms. The van der Waals surface area contributed by atoms with E-state index in [1.807, 2.05) is 0 Å². The molecule has 1 heterocycles. The van der Waals surface area contributed by atoms with E-state index in [1.54, 1.807) is 38.1 Å². The molecule has 0 saturated carbocycles. The number of para-hydroxylation sites is 2. The lowest BCUT2D eigenvalue weighted by Crippen LogP contribution is -2.49. The topological polar surface area (TPSA) is 117 Å². The summed E-state index contributed by atoms with van der Waals surface area (Å²) in [4.78, 5) is 24.7. The second-order valence-electron chi connectivity index (χ2n) is 6.86. The molecule has 0 aromatic heterocycles. The molecule has 0 aliphatic carbocycles. The molecule has 2 unspecified atom stereocenters. The third-order valence-electron chi connectivity index (χ3n) is 4.20. The van der Waals surface area contributed by atoms with E-state index in [0.717, 1.165) is 8.61 Å². The Kier molecular flexibility index (Phi) is 7.82. The third kappa shape index (κ3) is 5.58. The number of rotatable bonds is 10. The van der Waals surface area contributed by atoms with Crippen molar-refractivity contribution in [3.05, 3.63) is 24.3 Å². The Balaban J connectivity index is 2.19. The molecule has 2 atom stereocenters. The SMILES string of the molecule is COCC(C)NC(=O)CN1c2ccccc2N(CC(=O)NC(C)COC)S1(=O)=O. The first-order chi connectivity index (χ1) is 13.7. The lowest BCUT2D eigenvalue weighted by molar-refractivity contribution is -0.121. The van der Waals surface area contributed by atoms with Crippen molar-refractivity contribution in [2.75, 3.05) is 49.1 Å². The number of hydrogen-bond donors (Lipinski definition) is 2. The smallest absolute Gasteiger partial charge is 0.327 e. The van der Waals surface area contributed by atoms with E-state index < -0.39 is 35.1 Å². The van der Waals surface area contributed by atoms with Crippen LogP contribution in [0.4, 0.5) is 11.4 Å². The summed E-state index contributed by atoms with van der Waals surface area (Å²) in [7, 11) is -1.06. The predicted octanol–water partition coefficient (Wildman–Crippen LogP) is -0.140. The molecule has 0 spiro atoms. The van der Waals surface area contributed by atoms with Gasteiger partial charge in [0.25, 0.3) is 0 Å². The summed E-state index contributed by atoms with van der Waals surface area (Å²) in [5, 5.41) is 5.38. The fraction of sp³-hybridized carbons (Fsp3) is 0.556. The van der Waals surface area contributed by atoms with Crippen molar-refractivity contribution in [2.45, 2.75) is 25.9 Å². The normalized spacial score (nSPS) is 16.8. The number of nitrogens with zero attached hydrogens (tertiary/aromatic N) is 2. The Labute approximate surface area is 171 Å². The van der Waals surface area contributed by atoms with Crippen molar-refractivity contribution in [3.63, 3.8) is 0 Å². The number of hydrogen-bond acceptors (Lipinski definition) is 6. The summed E-state index contributed by atoms with van der Waals surface area (Å²) in [5.41, 5.74) is 0.694. The number of carbonyl (C=O) groups excluding carboxylic acids is 2. The largest absolute Gasteiger partial charge is 0.383 e. The average molecular weight is 429 g/mol. The van der Waals surface area contributed by atoms with E-state index in [1.165, 1.54) is 14.2 Å². The number of carbonyl (C=O) groups is 2. The van der Waals surface area contributed by atoms with Crippen molar-refractivity contribution >= 4 is 33.4 Å². The van der Waals surface area contributed by atoms with Gasteiger partial charge in [-0.15, -0.1) is 0 Å². The highest BCUT2D eigenvalue weighted by Gasteiger charge is 2.42. The highest BCUT2D eigenvalue weighted by Crippen LogP contribution is 2.40. The molecular formula is C18H28N4O6S. The zero-order valence-corrected chi connectivity index (χ0v) is 17.9. The molecule has 2 amide bonds. The number of fused-ring (bicyclic) bond motifs is 1. The second kappa shape index (κ2) is 9.90. The first-order valence-electron chi connectivity index (χ1n) is 9.16. The molecule has 1 aromatic carbocycles. The molecule has 1 aromatic rings. The van der Waals surface area contributed by atoms with Crippen LogP contribution in [0.15, 0.2) is 24.3 Å². The number of amides is 2. The van der Waals surface area contributed by atoms with Gasteiger partial charge in [0.2, 0.25) is 11.8 Å². The second-order valence-corrected chi connectivity index (χ2v) is 8.63. The Bertz CT molecular complexity index is 770. The Morgan fingerprint density at radius 1 is 0.897 bits per heavy atom. The highest BCUT2D eigenvalue weighted by atomic mass is 32.2. The van der Waals surface area contributed by atoms with Gasteiger partial charge in [0.05, 0.1) is 24.6 Å². The van der Waals surface area contributed by atoms with Crippen LogP contribution in [0, 0.1) is 0 Å². The summed E-state index contributed by atoms with van der Waals surface area (Å²) in [6.07, 6.45) is 0. The molecule has 1 aliphatic rings. The maximum Gasteiger partial charge on any atom is 0.327 e. The molecule has 11 heteroatoms. The van der Waals surface area contributed by atoms with Crippen LogP contribution in [0.2, 0.25) is 0 Å². The van der Waals surface area contributed by atoms with Crippen LogP contribution in [-0.2, 0) is 29.3 Å². The molecule has 162 valence electrons. The minimum absolute atomic E-state index is 0.266. The number of ether oxygens (including phenoxy) is 2. The van der Waals surface area contributed by atoms with Crippen LogP contribution >= 0.6 is 0 Å². The van der Waals surface area contributed by atoms with Crippen LogP contribution in [0.1, 0.15) is 13.8 Å². The van der Waals surface area contributed by atoms with Crippen molar-refractivity contribution < 1.29 is 27.5 Å². The monoisotopic (exact) mass is 428 g/mol. The predicted molar refractivity (Wildman–Crippen MR) is 109 cm³/mol. The Morgan fingerprint density at radius 3 is 1.62 bits per heavy atom. The van der Waals surface area contributed by atoms with E-state index in [9.17, 15) is 18.0 Å². The van der Waals surface area contributed by atoms with Crippen LogP contribution in [-0.4, -0.2) is 72.8 Å². The van der Waals surface area contributed by atoms with E-state index >= 15 is 0 Å². The van der Waals surface area contributed by atoms with Crippen molar-refractivity contribution in [3.8, 4) is 0 Å². The molecular weight excluding hydrogens is 400 g/mol. The first kappa shape index (κ1) is 22.9. The third-order valence-corrected chi connectivity index (χ3v) is 5.96. The van der Waals surface area contributed by atoms with E-state index in [4.69, 9.17) is 9.47 Å². The summed E-state index contributed by atoms with van der Waals surface area (Å²) in [6, 6.07) is 6.03. The van der Waals surface area contributed by atoms with Crippen LogP contribution in [0.3, 0.4) is 0 Å². The van der Waals surface area contributed by atoms with Crippen molar-refractivity contribution in [1.29, 1.82) is 0 Å².